The number of aliphatic hydroxyl groups excluding tert-OH is 1. The van der Waals surface area contributed by atoms with Gasteiger partial charge in [0.05, 0.1) is 11.6 Å². The highest BCUT2D eigenvalue weighted by molar-refractivity contribution is 5.44. The summed E-state index contributed by atoms with van der Waals surface area (Å²) in [6.07, 6.45) is 3.47. The molecule has 68 valence electrons. The molecule has 13 heavy (non-hydrogen) atoms. The van der Waals surface area contributed by atoms with E-state index < -0.39 is 0 Å². The molecule has 0 unspecified atom stereocenters. The fourth-order valence-corrected chi connectivity index (χ4v) is 1.72. The van der Waals surface area contributed by atoms with Gasteiger partial charge in [-0.1, -0.05) is 12.1 Å². The summed E-state index contributed by atoms with van der Waals surface area (Å²) in [5.74, 6) is 0. The third kappa shape index (κ3) is 1.88. The first kappa shape index (κ1) is 9.76. The number of hydrogen-bond donors (Lipinski definition) is 1. The molecule has 0 saturated heterocycles. The van der Waals surface area contributed by atoms with Crippen molar-refractivity contribution in [3.05, 3.63) is 34.9 Å². The lowest BCUT2D eigenvalue weighted by Crippen LogP contribution is -1.86. The third-order valence-corrected chi connectivity index (χ3v) is 2.27. The summed E-state index contributed by atoms with van der Waals surface area (Å²) < 4.78 is 0. The highest BCUT2D eigenvalue weighted by Crippen LogP contribution is 2.24. The molecule has 1 N–H and O–H groups in total. The second-order valence-corrected chi connectivity index (χ2v) is 2.91. The zero-order valence-electron chi connectivity index (χ0n) is 7.75. The number of rotatable bonds is 0. The maximum absolute atomic E-state index is 8.75. The lowest BCUT2D eigenvalue weighted by molar-refractivity contribution is 0.399. The van der Waals surface area contributed by atoms with Gasteiger partial charge in [0.15, 0.2) is 0 Å². The van der Waals surface area contributed by atoms with Crippen LogP contribution in [0.1, 0.15) is 23.1 Å². The molecule has 0 bridgehead atoms. The van der Waals surface area contributed by atoms with Crippen molar-refractivity contribution in [2.24, 2.45) is 0 Å². The van der Waals surface area contributed by atoms with E-state index in [1.165, 1.54) is 17.5 Å². The normalized spacial score (nSPS) is 12.4. The minimum absolute atomic E-state index is 0.875. The summed E-state index contributed by atoms with van der Waals surface area (Å²) in [6.45, 7) is 0. The van der Waals surface area contributed by atoms with Crippen molar-refractivity contribution in [3.8, 4) is 6.07 Å². The molecular weight excluding hydrogens is 162 g/mol. The Hall–Kier alpha value is -1.33. The number of benzene rings is 1. The molecule has 1 aliphatic rings. The molecule has 1 aromatic carbocycles. The molecule has 0 saturated carbocycles. The number of hydrogen-bond acceptors (Lipinski definition) is 2. The van der Waals surface area contributed by atoms with Gasteiger partial charge < -0.3 is 5.11 Å². The van der Waals surface area contributed by atoms with Crippen LogP contribution in [0.5, 0.6) is 0 Å². The predicted molar refractivity (Wildman–Crippen MR) is 51.3 cm³/mol. The van der Waals surface area contributed by atoms with E-state index in [1.807, 2.05) is 12.1 Å². The molecule has 0 amide bonds. The fraction of sp³-hybridized carbons (Fsp3) is 0.364. The molecule has 2 nitrogen and oxygen atoms in total. The van der Waals surface area contributed by atoms with Crippen molar-refractivity contribution in [2.45, 2.75) is 19.3 Å². The molecule has 2 rings (SSSR count). The van der Waals surface area contributed by atoms with E-state index in [9.17, 15) is 0 Å². The summed E-state index contributed by atoms with van der Waals surface area (Å²) in [7, 11) is 1.00. The minimum atomic E-state index is 0.875. The number of nitriles is 1. The predicted octanol–water partition coefficient (Wildman–Crippen LogP) is 1.66. The summed E-state index contributed by atoms with van der Waals surface area (Å²) in [6, 6.07) is 8.24. The Labute approximate surface area is 78.4 Å². The van der Waals surface area contributed by atoms with Crippen molar-refractivity contribution >= 4 is 0 Å². The van der Waals surface area contributed by atoms with Crippen molar-refractivity contribution < 1.29 is 5.11 Å². The van der Waals surface area contributed by atoms with Gasteiger partial charge in [0.25, 0.3) is 0 Å². The van der Waals surface area contributed by atoms with Crippen LogP contribution in [-0.4, -0.2) is 12.2 Å². The highest BCUT2D eigenvalue weighted by Gasteiger charge is 2.13. The molecule has 0 atom stereocenters. The van der Waals surface area contributed by atoms with Crippen LogP contribution in [0.15, 0.2) is 18.2 Å². The minimum Gasteiger partial charge on any atom is -0.400 e. The van der Waals surface area contributed by atoms with Gasteiger partial charge in [0.2, 0.25) is 0 Å². The Morgan fingerprint density at radius 2 is 2.08 bits per heavy atom. The molecule has 0 heterocycles. The lowest BCUT2D eigenvalue weighted by atomic mass is 10.0. The Morgan fingerprint density at radius 3 is 2.77 bits per heavy atom. The van der Waals surface area contributed by atoms with Gasteiger partial charge >= 0.3 is 0 Å². The van der Waals surface area contributed by atoms with Gasteiger partial charge in [-0.15, -0.1) is 0 Å². The number of aliphatic hydroxyl groups is 1. The van der Waals surface area contributed by atoms with E-state index in [4.69, 9.17) is 10.4 Å². The van der Waals surface area contributed by atoms with Crippen LogP contribution in [0, 0.1) is 11.3 Å². The van der Waals surface area contributed by atoms with Crippen molar-refractivity contribution in [2.75, 3.05) is 7.11 Å². The van der Waals surface area contributed by atoms with E-state index in [0.717, 1.165) is 25.5 Å². The summed E-state index contributed by atoms with van der Waals surface area (Å²) in [5.41, 5.74) is 3.54. The first-order valence-corrected chi connectivity index (χ1v) is 4.37. The molecule has 0 fully saturated rings. The molecule has 0 radical (unpaired) electrons. The van der Waals surface area contributed by atoms with E-state index in [0.29, 0.717) is 0 Å². The van der Waals surface area contributed by atoms with Crippen LogP contribution in [-0.2, 0) is 12.8 Å². The zero-order valence-corrected chi connectivity index (χ0v) is 7.75. The largest absolute Gasteiger partial charge is 0.400 e. The Morgan fingerprint density at radius 1 is 1.31 bits per heavy atom. The van der Waals surface area contributed by atoms with Gasteiger partial charge in [-0.25, -0.2) is 0 Å². The quantitative estimate of drug-likeness (QED) is 0.651. The summed E-state index contributed by atoms with van der Waals surface area (Å²) in [5, 5.41) is 15.8. The average Bonchev–Trinajstić information content (AvgIpc) is 2.68. The monoisotopic (exact) mass is 175 g/mol. The second kappa shape index (κ2) is 4.64. The second-order valence-electron chi connectivity index (χ2n) is 2.91. The SMILES string of the molecule is CO.N#Cc1cccc2c1CCC2. The number of nitrogens with zero attached hydrogens (tertiary/aromatic N) is 1. The maximum atomic E-state index is 8.75. The van der Waals surface area contributed by atoms with E-state index >= 15 is 0 Å². The molecular formula is C11H13NO. The lowest BCUT2D eigenvalue weighted by Gasteiger charge is -1.98. The smallest absolute Gasteiger partial charge is 0.0994 e. The highest BCUT2D eigenvalue weighted by atomic mass is 16.2. The van der Waals surface area contributed by atoms with Gasteiger partial charge in [0, 0.05) is 7.11 Å². The third-order valence-electron chi connectivity index (χ3n) is 2.27. The zero-order chi connectivity index (χ0) is 9.68. The first-order chi connectivity index (χ1) is 6.42. The van der Waals surface area contributed by atoms with Crippen LogP contribution in [0.2, 0.25) is 0 Å². The molecule has 1 aliphatic carbocycles. The summed E-state index contributed by atoms with van der Waals surface area (Å²) in [4.78, 5) is 0. The Kier molecular flexibility index (Phi) is 3.48. The van der Waals surface area contributed by atoms with Crippen LogP contribution in [0.3, 0.4) is 0 Å². The van der Waals surface area contributed by atoms with Crippen molar-refractivity contribution in [1.29, 1.82) is 5.26 Å². The first-order valence-electron chi connectivity index (χ1n) is 4.37. The van der Waals surface area contributed by atoms with E-state index in [1.54, 1.807) is 0 Å². The molecule has 1 aromatic rings. The van der Waals surface area contributed by atoms with Gasteiger partial charge in [-0.05, 0) is 36.5 Å². The topological polar surface area (TPSA) is 44.0 Å². The molecule has 0 spiro atoms. The van der Waals surface area contributed by atoms with Gasteiger partial charge in [0.1, 0.15) is 0 Å². The van der Waals surface area contributed by atoms with E-state index in [-0.39, 0.29) is 0 Å². The number of aryl methyl sites for hydroxylation is 1. The molecule has 2 heteroatoms. The van der Waals surface area contributed by atoms with Gasteiger partial charge in [-0.2, -0.15) is 5.26 Å². The Balaban J connectivity index is 0.000000396. The van der Waals surface area contributed by atoms with Crippen molar-refractivity contribution in [3.63, 3.8) is 0 Å². The van der Waals surface area contributed by atoms with Crippen LogP contribution < -0.4 is 0 Å². The van der Waals surface area contributed by atoms with Crippen molar-refractivity contribution in [1.82, 2.24) is 0 Å². The van der Waals surface area contributed by atoms with E-state index in [2.05, 4.69) is 12.1 Å². The van der Waals surface area contributed by atoms with Crippen LogP contribution >= 0.6 is 0 Å². The average molecular weight is 175 g/mol. The number of fused-ring (bicyclic) bond motifs is 1. The fourth-order valence-electron chi connectivity index (χ4n) is 1.72. The Bertz CT molecular complexity index is 325. The molecule has 0 aliphatic heterocycles. The molecule has 0 aromatic heterocycles. The summed E-state index contributed by atoms with van der Waals surface area (Å²) >= 11 is 0. The van der Waals surface area contributed by atoms with Crippen LogP contribution in [0.4, 0.5) is 0 Å². The standard InChI is InChI=1S/C10H9N.CH4O/c11-7-9-5-1-3-8-4-2-6-10(8)9;1-2/h1,3,5H,2,4,6H2;2H,1H3. The van der Waals surface area contributed by atoms with Crippen LogP contribution in [0.25, 0.3) is 0 Å². The van der Waals surface area contributed by atoms with Gasteiger partial charge in [-0.3, -0.25) is 0 Å². The maximum Gasteiger partial charge on any atom is 0.0994 e.